The van der Waals surface area contributed by atoms with E-state index in [1.807, 2.05) is 0 Å². The molecule has 2 amide bonds. The molecule has 6 heteroatoms. The van der Waals surface area contributed by atoms with E-state index in [0.29, 0.717) is 13.2 Å². The van der Waals surface area contributed by atoms with Gasteiger partial charge in [0.15, 0.2) is 0 Å². The van der Waals surface area contributed by atoms with Crippen LogP contribution in [0.25, 0.3) is 0 Å². The molecule has 0 aliphatic heterocycles. The molecule has 0 radical (unpaired) electrons. The van der Waals surface area contributed by atoms with E-state index in [4.69, 9.17) is 9.84 Å². The number of ether oxygens (including phenoxy) is 1. The lowest BCUT2D eigenvalue weighted by Crippen LogP contribution is -2.48. The molecule has 1 N–H and O–H groups in total. The lowest BCUT2D eigenvalue weighted by atomic mass is 10.2. The molecule has 0 spiro atoms. The van der Waals surface area contributed by atoms with Crippen molar-refractivity contribution in [2.24, 2.45) is 0 Å². The summed E-state index contributed by atoms with van der Waals surface area (Å²) in [5.41, 5.74) is 0. The van der Waals surface area contributed by atoms with Crippen LogP contribution in [-0.4, -0.2) is 66.8 Å². The van der Waals surface area contributed by atoms with E-state index in [0.717, 1.165) is 25.7 Å². The number of aliphatic carboxylic acids is 1. The summed E-state index contributed by atoms with van der Waals surface area (Å²) < 4.78 is 4.90. The zero-order valence-corrected chi connectivity index (χ0v) is 11.1. The van der Waals surface area contributed by atoms with Crippen LogP contribution in [0.3, 0.4) is 0 Å². The van der Waals surface area contributed by atoms with E-state index in [9.17, 15) is 9.59 Å². The van der Waals surface area contributed by atoms with Crippen molar-refractivity contribution in [3.05, 3.63) is 0 Å². The molecule has 0 atom stereocenters. The van der Waals surface area contributed by atoms with Gasteiger partial charge >= 0.3 is 12.0 Å². The van der Waals surface area contributed by atoms with Crippen LogP contribution in [0, 0.1) is 0 Å². The lowest BCUT2D eigenvalue weighted by molar-refractivity contribution is -0.137. The number of urea groups is 1. The number of methoxy groups -OCH3 is 1. The van der Waals surface area contributed by atoms with Gasteiger partial charge in [0.2, 0.25) is 0 Å². The molecule has 104 valence electrons. The average molecular weight is 258 g/mol. The summed E-state index contributed by atoms with van der Waals surface area (Å²) in [6.07, 6.45) is 4.29. The molecule has 1 aliphatic carbocycles. The first-order chi connectivity index (χ1) is 8.56. The highest BCUT2D eigenvalue weighted by molar-refractivity contribution is 5.80. The van der Waals surface area contributed by atoms with Crippen LogP contribution in [-0.2, 0) is 9.53 Å². The Morgan fingerprint density at radius 3 is 2.44 bits per heavy atom. The lowest BCUT2D eigenvalue weighted by Gasteiger charge is -2.30. The smallest absolute Gasteiger partial charge is 0.323 e. The minimum Gasteiger partial charge on any atom is -0.480 e. The maximum Gasteiger partial charge on any atom is 0.323 e. The molecule has 0 aromatic rings. The third kappa shape index (κ3) is 4.18. The first-order valence-electron chi connectivity index (χ1n) is 6.28. The van der Waals surface area contributed by atoms with Gasteiger partial charge in [-0.25, -0.2) is 4.79 Å². The summed E-state index contributed by atoms with van der Waals surface area (Å²) in [6.45, 7) is 0.371. The SMILES string of the molecule is COCCN(CC(=O)O)C(=O)N(C)C1CCCC1. The van der Waals surface area contributed by atoms with Gasteiger partial charge in [0, 0.05) is 26.7 Å². The Morgan fingerprint density at radius 1 is 1.33 bits per heavy atom. The topological polar surface area (TPSA) is 70.1 Å². The van der Waals surface area contributed by atoms with Crippen LogP contribution in [0.4, 0.5) is 4.79 Å². The molecule has 0 unspecified atom stereocenters. The van der Waals surface area contributed by atoms with Gasteiger partial charge in [0.1, 0.15) is 6.54 Å². The van der Waals surface area contributed by atoms with Crippen molar-refractivity contribution in [2.45, 2.75) is 31.7 Å². The zero-order chi connectivity index (χ0) is 13.5. The predicted molar refractivity (Wildman–Crippen MR) is 66.5 cm³/mol. The molecular weight excluding hydrogens is 236 g/mol. The van der Waals surface area contributed by atoms with Gasteiger partial charge < -0.3 is 19.6 Å². The largest absolute Gasteiger partial charge is 0.480 e. The van der Waals surface area contributed by atoms with Crippen LogP contribution in [0.1, 0.15) is 25.7 Å². The van der Waals surface area contributed by atoms with Crippen LogP contribution >= 0.6 is 0 Å². The second-order valence-electron chi connectivity index (χ2n) is 4.64. The maximum atomic E-state index is 12.2. The van der Waals surface area contributed by atoms with E-state index in [-0.39, 0.29) is 18.6 Å². The maximum absolute atomic E-state index is 12.2. The van der Waals surface area contributed by atoms with Crippen molar-refractivity contribution in [3.8, 4) is 0 Å². The van der Waals surface area contributed by atoms with Crippen molar-refractivity contribution in [3.63, 3.8) is 0 Å². The zero-order valence-electron chi connectivity index (χ0n) is 11.1. The number of carboxylic acids is 1. The highest BCUT2D eigenvalue weighted by Gasteiger charge is 2.27. The van der Waals surface area contributed by atoms with Crippen LogP contribution < -0.4 is 0 Å². The fourth-order valence-electron chi connectivity index (χ4n) is 2.28. The summed E-state index contributed by atoms with van der Waals surface area (Å²) in [4.78, 5) is 26.0. The Hall–Kier alpha value is -1.30. The number of hydrogen-bond acceptors (Lipinski definition) is 3. The molecule has 1 saturated carbocycles. The highest BCUT2D eigenvalue weighted by atomic mass is 16.5. The van der Waals surface area contributed by atoms with Gasteiger partial charge in [0.25, 0.3) is 0 Å². The first kappa shape index (κ1) is 14.8. The highest BCUT2D eigenvalue weighted by Crippen LogP contribution is 2.23. The van der Waals surface area contributed by atoms with E-state index in [1.165, 1.54) is 12.0 Å². The quantitative estimate of drug-likeness (QED) is 0.772. The van der Waals surface area contributed by atoms with Gasteiger partial charge in [-0.1, -0.05) is 12.8 Å². The van der Waals surface area contributed by atoms with Gasteiger partial charge in [-0.3, -0.25) is 4.79 Å². The number of rotatable bonds is 6. The van der Waals surface area contributed by atoms with Gasteiger partial charge in [-0.05, 0) is 12.8 Å². The first-order valence-corrected chi connectivity index (χ1v) is 6.28. The van der Waals surface area contributed by atoms with Crippen molar-refractivity contribution < 1.29 is 19.4 Å². The predicted octanol–water partition coefficient (Wildman–Crippen LogP) is 1.01. The van der Waals surface area contributed by atoms with Gasteiger partial charge in [-0.15, -0.1) is 0 Å². The molecule has 0 saturated heterocycles. The summed E-state index contributed by atoms with van der Waals surface area (Å²) in [5, 5.41) is 8.83. The Labute approximate surface area is 107 Å². The molecule has 1 aliphatic rings. The Kier molecular flexibility index (Phi) is 5.91. The number of nitrogens with zero attached hydrogens (tertiary/aromatic N) is 2. The molecule has 1 fully saturated rings. The average Bonchev–Trinajstić information content (AvgIpc) is 2.85. The normalized spacial score (nSPS) is 15.7. The summed E-state index contributed by atoms with van der Waals surface area (Å²) in [6, 6.07) is 0.0256. The fourth-order valence-corrected chi connectivity index (χ4v) is 2.28. The van der Waals surface area contributed by atoms with Crippen LogP contribution in [0.15, 0.2) is 0 Å². The fraction of sp³-hybridized carbons (Fsp3) is 0.833. The number of amides is 2. The number of carbonyl (C=O) groups is 2. The third-order valence-electron chi connectivity index (χ3n) is 3.34. The second-order valence-corrected chi connectivity index (χ2v) is 4.64. The van der Waals surface area contributed by atoms with Crippen LogP contribution in [0.5, 0.6) is 0 Å². The number of carboxylic acid groups (broad SMARTS) is 1. The van der Waals surface area contributed by atoms with E-state index in [2.05, 4.69) is 0 Å². The number of hydrogen-bond donors (Lipinski definition) is 1. The molecule has 0 bridgehead atoms. The van der Waals surface area contributed by atoms with Crippen molar-refractivity contribution >= 4 is 12.0 Å². The van der Waals surface area contributed by atoms with E-state index < -0.39 is 5.97 Å². The molecule has 0 heterocycles. The number of carbonyl (C=O) groups excluding carboxylic acids is 1. The monoisotopic (exact) mass is 258 g/mol. The standard InChI is InChI=1S/C12H22N2O4/c1-13(10-5-3-4-6-10)12(17)14(7-8-18-2)9-11(15)16/h10H,3-9H2,1-2H3,(H,15,16). The van der Waals surface area contributed by atoms with Crippen molar-refractivity contribution in [2.75, 3.05) is 33.9 Å². The molecule has 0 aromatic carbocycles. The summed E-state index contributed by atoms with van der Waals surface area (Å²) >= 11 is 0. The van der Waals surface area contributed by atoms with E-state index >= 15 is 0 Å². The third-order valence-corrected chi connectivity index (χ3v) is 3.34. The molecule has 1 rings (SSSR count). The Morgan fingerprint density at radius 2 is 1.94 bits per heavy atom. The molecule has 6 nitrogen and oxygen atoms in total. The Balaban J connectivity index is 2.58. The van der Waals surface area contributed by atoms with Crippen molar-refractivity contribution in [1.29, 1.82) is 0 Å². The minimum absolute atomic E-state index is 0.221. The summed E-state index contributed by atoms with van der Waals surface area (Å²) in [5.74, 6) is -1.00. The molecule has 18 heavy (non-hydrogen) atoms. The van der Waals surface area contributed by atoms with Crippen molar-refractivity contribution in [1.82, 2.24) is 9.80 Å². The molecule has 0 aromatic heterocycles. The summed E-state index contributed by atoms with van der Waals surface area (Å²) in [7, 11) is 3.28. The van der Waals surface area contributed by atoms with Crippen LogP contribution in [0.2, 0.25) is 0 Å². The van der Waals surface area contributed by atoms with Gasteiger partial charge in [0.05, 0.1) is 6.61 Å². The van der Waals surface area contributed by atoms with E-state index in [1.54, 1.807) is 11.9 Å². The van der Waals surface area contributed by atoms with Gasteiger partial charge in [-0.2, -0.15) is 0 Å². The molecular formula is C12H22N2O4. The minimum atomic E-state index is -1.00. The second kappa shape index (κ2) is 7.20. The Bertz CT molecular complexity index is 290.